The molecule has 114 valence electrons. The van der Waals surface area contributed by atoms with Gasteiger partial charge in [-0.25, -0.2) is 4.79 Å². The first kappa shape index (κ1) is 15.3. The van der Waals surface area contributed by atoms with E-state index in [1.165, 1.54) is 36.4 Å². The van der Waals surface area contributed by atoms with Gasteiger partial charge < -0.3 is 19.4 Å². The lowest BCUT2D eigenvalue weighted by molar-refractivity contribution is -0.298. The summed E-state index contributed by atoms with van der Waals surface area (Å²) in [5.41, 5.74) is -0.205. The van der Waals surface area contributed by atoms with Gasteiger partial charge in [0.2, 0.25) is 0 Å². The molecule has 1 heterocycles. The molecule has 0 atom stereocenters. The predicted octanol–water partition coefficient (Wildman–Crippen LogP) is 0.749. The third kappa shape index (κ3) is 3.32. The Bertz CT molecular complexity index is 712. The first-order valence-electron chi connectivity index (χ1n) is 5.93. The van der Waals surface area contributed by atoms with Crippen LogP contribution < -0.4 is 10.3 Å². The Morgan fingerprint density at radius 2 is 1.73 bits per heavy atom. The molecule has 3 N–H and O–H groups in total. The number of furan rings is 1. The van der Waals surface area contributed by atoms with Crippen LogP contribution in [-0.4, -0.2) is 27.5 Å². The number of anilines is 1. The SMILES string of the molecule is O=C([O-])C(=Cc1ccc(-c2ccc(N(O)O)cc2)o1)C(=O)O. The van der Waals surface area contributed by atoms with Crippen LogP contribution in [0.25, 0.3) is 17.4 Å². The molecule has 2 aromatic rings. The molecule has 0 radical (unpaired) electrons. The lowest BCUT2D eigenvalue weighted by Crippen LogP contribution is -2.28. The molecule has 0 aliphatic rings. The maximum Gasteiger partial charge on any atom is 0.337 e. The summed E-state index contributed by atoms with van der Waals surface area (Å²) in [6.07, 6.45) is 0.846. The highest BCUT2D eigenvalue weighted by Crippen LogP contribution is 2.25. The fourth-order valence-corrected chi connectivity index (χ4v) is 1.69. The number of aliphatic carboxylic acids is 2. The number of rotatable bonds is 5. The molecule has 22 heavy (non-hydrogen) atoms. The zero-order valence-corrected chi connectivity index (χ0v) is 11.0. The molecule has 0 unspecified atom stereocenters. The van der Waals surface area contributed by atoms with Crippen LogP contribution in [0.1, 0.15) is 5.76 Å². The molecule has 0 saturated heterocycles. The highest BCUT2D eigenvalue weighted by atomic mass is 16.8. The number of carboxylic acids is 2. The minimum Gasteiger partial charge on any atom is -0.545 e. The average molecular weight is 304 g/mol. The summed E-state index contributed by atoms with van der Waals surface area (Å²) in [5.74, 6) is -3.07. The third-order valence-corrected chi connectivity index (χ3v) is 2.75. The number of carboxylic acid groups (broad SMARTS) is 2. The van der Waals surface area contributed by atoms with Crippen LogP contribution in [-0.2, 0) is 9.59 Å². The van der Waals surface area contributed by atoms with Crippen LogP contribution in [0.2, 0.25) is 0 Å². The highest BCUT2D eigenvalue weighted by molar-refractivity contribution is 6.15. The average Bonchev–Trinajstić information content (AvgIpc) is 2.92. The van der Waals surface area contributed by atoms with Crippen LogP contribution >= 0.6 is 0 Å². The Balaban J connectivity index is 2.30. The van der Waals surface area contributed by atoms with E-state index in [9.17, 15) is 14.7 Å². The van der Waals surface area contributed by atoms with Crippen molar-refractivity contribution in [2.24, 2.45) is 0 Å². The Morgan fingerprint density at radius 3 is 2.23 bits per heavy atom. The van der Waals surface area contributed by atoms with Crippen molar-refractivity contribution in [2.75, 3.05) is 5.23 Å². The van der Waals surface area contributed by atoms with Gasteiger partial charge in [0.15, 0.2) is 0 Å². The monoisotopic (exact) mass is 304 g/mol. The quantitative estimate of drug-likeness (QED) is 0.319. The zero-order valence-electron chi connectivity index (χ0n) is 11.0. The Hall–Kier alpha value is -3.10. The van der Waals surface area contributed by atoms with Gasteiger partial charge in [-0.3, -0.25) is 10.4 Å². The highest BCUT2D eigenvalue weighted by Gasteiger charge is 2.11. The lowest BCUT2D eigenvalue weighted by atomic mass is 10.1. The molecule has 0 spiro atoms. The number of benzene rings is 1. The van der Waals surface area contributed by atoms with Crippen LogP contribution in [0.3, 0.4) is 0 Å². The summed E-state index contributed by atoms with van der Waals surface area (Å²) < 4.78 is 5.33. The molecule has 0 bridgehead atoms. The van der Waals surface area contributed by atoms with E-state index in [-0.39, 0.29) is 16.7 Å². The summed E-state index contributed by atoms with van der Waals surface area (Å²) in [4.78, 5) is 21.4. The molecule has 0 aliphatic heterocycles. The Labute approximate surface area is 123 Å². The van der Waals surface area contributed by atoms with Crippen molar-refractivity contribution in [2.45, 2.75) is 0 Å². The zero-order chi connectivity index (χ0) is 16.3. The second kappa shape index (κ2) is 6.12. The van der Waals surface area contributed by atoms with E-state index in [0.717, 1.165) is 6.08 Å². The van der Waals surface area contributed by atoms with Gasteiger partial charge in [0.05, 0.1) is 17.2 Å². The van der Waals surface area contributed by atoms with Crippen molar-refractivity contribution >= 4 is 23.7 Å². The van der Waals surface area contributed by atoms with Crippen molar-refractivity contribution < 1.29 is 34.6 Å². The van der Waals surface area contributed by atoms with E-state index in [4.69, 9.17) is 19.9 Å². The fourth-order valence-electron chi connectivity index (χ4n) is 1.69. The fraction of sp³-hybridized carbons (Fsp3) is 0. The van der Waals surface area contributed by atoms with Gasteiger partial charge in [0.25, 0.3) is 0 Å². The predicted molar refractivity (Wildman–Crippen MR) is 70.8 cm³/mol. The number of hydrogen-bond acceptors (Lipinski definition) is 7. The minimum atomic E-state index is -1.82. The summed E-state index contributed by atoms with van der Waals surface area (Å²) in [6, 6.07) is 8.83. The molecule has 0 saturated carbocycles. The van der Waals surface area contributed by atoms with Crippen molar-refractivity contribution in [1.29, 1.82) is 0 Å². The van der Waals surface area contributed by atoms with Crippen LogP contribution in [0.4, 0.5) is 5.69 Å². The van der Waals surface area contributed by atoms with Crippen molar-refractivity contribution in [3.05, 3.63) is 47.7 Å². The second-order valence-electron chi connectivity index (χ2n) is 4.19. The van der Waals surface area contributed by atoms with Gasteiger partial charge in [-0.2, -0.15) is 0 Å². The molecule has 0 aliphatic carbocycles. The van der Waals surface area contributed by atoms with Gasteiger partial charge in [0, 0.05) is 5.56 Å². The molecule has 1 aromatic heterocycles. The van der Waals surface area contributed by atoms with E-state index in [0.29, 0.717) is 11.3 Å². The van der Waals surface area contributed by atoms with E-state index >= 15 is 0 Å². The number of carbonyl (C=O) groups excluding carboxylic acids is 1. The third-order valence-electron chi connectivity index (χ3n) is 2.75. The van der Waals surface area contributed by atoms with Crippen LogP contribution in [0.5, 0.6) is 0 Å². The number of hydrogen-bond donors (Lipinski definition) is 3. The largest absolute Gasteiger partial charge is 0.545 e. The maximum absolute atomic E-state index is 10.7. The van der Waals surface area contributed by atoms with E-state index in [1.54, 1.807) is 0 Å². The topological polar surface area (TPSA) is 134 Å². The number of nitrogens with zero attached hydrogens (tertiary/aromatic N) is 1. The van der Waals surface area contributed by atoms with Gasteiger partial charge in [-0.1, -0.05) is 0 Å². The molecule has 0 amide bonds. The van der Waals surface area contributed by atoms with E-state index in [2.05, 4.69) is 0 Å². The summed E-state index contributed by atoms with van der Waals surface area (Å²) in [7, 11) is 0. The molecular formula is C14H10NO7-. The van der Waals surface area contributed by atoms with E-state index in [1.807, 2.05) is 0 Å². The van der Waals surface area contributed by atoms with Gasteiger partial charge in [-0.05, 0) is 42.5 Å². The normalized spacial score (nSPS) is 11.3. The van der Waals surface area contributed by atoms with Crippen molar-refractivity contribution in [3.63, 3.8) is 0 Å². The first-order chi connectivity index (χ1) is 10.4. The lowest BCUT2D eigenvalue weighted by Gasteiger charge is -2.07. The number of carbonyl (C=O) groups is 2. The van der Waals surface area contributed by atoms with Gasteiger partial charge in [-0.15, -0.1) is 5.23 Å². The first-order valence-corrected chi connectivity index (χ1v) is 5.93. The Kier molecular flexibility index (Phi) is 4.25. The van der Waals surface area contributed by atoms with Crippen LogP contribution in [0.15, 0.2) is 46.4 Å². The standard InChI is InChI=1S/C14H11NO7/c16-13(17)11(14(18)19)7-10-5-6-12(22-10)8-1-3-9(4-2-8)15(20)21/h1-7,20-21H,(H,16,17)(H,18,19)/p-1. The molecule has 8 nitrogen and oxygen atoms in total. The second-order valence-corrected chi connectivity index (χ2v) is 4.19. The Morgan fingerprint density at radius 1 is 1.09 bits per heavy atom. The molecule has 2 rings (SSSR count). The molecular weight excluding hydrogens is 294 g/mol. The molecule has 8 heteroatoms. The van der Waals surface area contributed by atoms with Crippen molar-refractivity contribution in [3.8, 4) is 11.3 Å². The van der Waals surface area contributed by atoms with Crippen molar-refractivity contribution in [1.82, 2.24) is 0 Å². The molecule has 1 aromatic carbocycles. The van der Waals surface area contributed by atoms with Crippen LogP contribution in [0, 0.1) is 0 Å². The summed E-state index contributed by atoms with van der Waals surface area (Å²) >= 11 is 0. The smallest absolute Gasteiger partial charge is 0.337 e. The van der Waals surface area contributed by atoms with Gasteiger partial charge in [0.1, 0.15) is 11.5 Å². The summed E-state index contributed by atoms with van der Waals surface area (Å²) in [6.45, 7) is 0. The maximum atomic E-state index is 10.7. The molecule has 0 fully saturated rings. The summed E-state index contributed by atoms with van der Waals surface area (Å²) in [5, 5.41) is 37.0. The van der Waals surface area contributed by atoms with E-state index < -0.39 is 17.5 Å². The minimum absolute atomic E-state index is 0.0339. The van der Waals surface area contributed by atoms with Gasteiger partial charge >= 0.3 is 5.97 Å².